The molecule has 0 fully saturated rings. The number of ether oxygens (including phenoxy) is 1. The molecule has 0 radical (unpaired) electrons. The van der Waals surface area contributed by atoms with Gasteiger partial charge >= 0.3 is 0 Å². The third-order valence-corrected chi connectivity index (χ3v) is 4.58. The summed E-state index contributed by atoms with van der Waals surface area (Å²) in [5.41, 5.74) is 3.92. The molecule has 0 aliphatic carbocycles. The first kappa shape index (κ1) is 16.3. The molecule has 1 N–H and O–H groups in total. The Morgan fingerprint density at radius 3 is 2.92 bits per heavy atom. The van der Waals surface area contributed by atoms with E-state index in [1.165, 1.54) is 18.5 Å². The lowest BCUT2D eigenvalue weighted by atomic mass is 10.0. The van der Waals surface area contributed by atoms with Crippen molar-refractivity contribution in [3.63, 3.8) is 0 Å². The summed E-state index contributed by atoms with van der Waals surface area (Å²) in [4.78, 5) is 24.5. The van der Waals surface area contributed by atoms with Gasteiger partial charge in [0.2, 0.25) is 6.41 Å². The number of hydrogen-bond acceptors (Lipinski definition) is 4. The van der Waals surface area contributed by atoms with Gasteiger partial charge in [-0.2, -0.15) is 0 Å². The quantitative estimate of drug-likeness (QED) is 0.733. The Morgan fingerprint density at radius 2 is 2.19 bits per heavy atom. The van der Waals surface area contributed by atoms with Gasteiger partial charge in [-0.1, -0.05) is 6.08 Å². The molecular formula is C19H17FN4O2. The van der Waals surface area contributed by atoms with Crippen LogP contribution in [0.25, 0.3) is 27.9 Å². The molecule has 1 amide bonds. The Kier molecular flexibility index (Phi) is 4.12. The van der Waals surface area contributed by atoms with Gasteiger partial charge in [0.25, 0.3) is 0 Å². The third kappa shape index (κ3) is 2.81. The molecule has 0 spiro atoms. The number of H-pyrrole nitrogens is 1. The minimum absolute atomic E-state index is 0.354. The Hall–Kier alpha value is -3.22. The normalized spacial score (nSPS) is 14.4. The molecule has 0 bridgehead atoms. The third-order valence-electron chi connectivity index (χ3n) is 4.58. The van der Waals surface area contributed by atoms with Crippen LogP contribution in [0, 0.1) is 5.82 Å². The van der Waals surface area contributed by atoms with Crippen molar-refractivity contribution in [3.05, 3.63) is 48.2 Å². The molecule has 2 aromatic heterocycles. The number of halogens is 1. The summed E-state index contributed by atoms with van der Waals surface area (Å²) >= 11 is 0. The molecular weight excluding hydrogens is 335 g/mol. The Labute approximate surface area is 149 Å². The maximum atomic E-state index is 13.8. The first-order valence-corrected chi connectivity index (χ1v) is 8.26. The van der Waals surface area contributed by atoms with E-state index in [-0.39, 0.29) is 5.82 Å². The van der Waals surface area contributed by atoms with Crippen molar-refractivity contribution in [1.82, 2.24) is 19.9 Å². The number of benzene rings is 1. The van der Waals surface area contributed by atoms with Crippen LogP contribution in [-0.2, 0) is 4.79 Å². The number of fused-ring (bicyclic) bond motifs is 1. The predicted octanol–water partition coefficient (Wildman–Crippen LogP) is 3.02. The average molecular weight is 352 g/mol. The van der Waals surface area contributed by atoms with E-state index in [0.717, 1.165) is 29.5 Å². The molecule has 0 unspecified atom stereocenters. The van der Waals surface area contributed by atoms with Crippen molar-refractivity contribution in [2.24, 2.45) is 0 Å². The van der Waals surface area contributed by atoms with Gasteiger partial charge in [-0.25, -0.2) is 14.4 Å². The number of methoxy groups -OCH3 is 1. The number of nitrogens with zero attached hydrogens (tertiary/aromatic N) is 3. The highest BCUT2D eigenvalue weighted by Crippen LogP contribution is 2.35. The van der Waals surface area contributed by atoms with Gasteiger partial charge in [0.1, 0.15) is 23.5 Å². The second-order valence-electron chi connectivity index (χ2n) is 6.09. The fraction of sp³-hybridized carbons (Fsp3) is 0.211. The highest BCUT2D eigenvalue weighted by molar-refractivity contribution is 5.94. The second-order valence-corrected chi connectivity index (χ2v) is 6.09. The van der Waals surface area contributed by atoms with Crippen molar-refractivity contribution >= 4 is 23.0 Å². The van der Waals surface area contributed by atoms with Gasteiger partial charge in [0.05, 0.1) is 12.8 Å². The molecule has 26 heavy (non-hydrogen) atoms. The van der Waals surface area contributed by atoms with Gasteiger partial charge in [-0.05, 0) is 36.3 Å². The number of carbonyl (C=O) groups is 1. The summed E-state index contributed by atoms with van der Waals surface area (Å²) in [6, 6.07) is 6.32. The highest BCUT2D eigenvalue weighted by atomic mass is 19.1. The van der Waals surface area contributed by atoms with Gasteiger partial charge in [-0.3, -0.25) is 4.79 Å². The summed E-state index contributed by atoms with van der Waals surface area (Å²) in [5.74, 6) is 0.194. The first-order chi connectivity index (χ1) is 12.7. The number of carbonyl (C=O) groups excluding carboxylic acids is 1. The highest BCUT2D eigenvalue weighted by Gasteiger charge is 2.17. The van der Waals surface area contributed by atoms with E-state index in [1.54, 1.807) is 18.1 Å². The lowest BCUT2D eigenvalue weighted by molar-refractivity contribution is -0.117. The molecule has 6 nitrogen and oxygen atoms in total. The summed E-state index contributed by atoms with van der Waals surface area (Å²) in [6.07, 6.45) is 5.10. The number of nitrogens with one attached hydrogen (secondary N) is 1. The van der Waals surface area contributed by atoms with Crippen molar-refractivity contribution in [2.75, 3.05) is 20.2 Å². The maximum absolute atomic E-state index is 13.8. The van der Waals surface area contributed by atoms with Gasteiger partial charge in [-0.15, -0.1) is 0 Å². The van der Waals surface area contributed by atoms with Crippen molar-refractivity contribution in [2.45, 2.75) is 6.42 Å². The average Bonchev–Trinajstić information content (AvgIpc) is 3.12. The zero-order valence-corrected chi connectivity index (χ0v) is 14.2. The summed E-state index contributed by atoms with van der Waals surface area (Å²) < 4.78 is 19.2. The van der Waals surface area contributed by atoms with Crippen LogP contribution in [0.5, 0.6) is 5.75 Å². The lowest BCUT2D eigenvalue weighted by Crippen LogP contribution is -2.26. The van der Waals surface area contributed by atoms with E-state index in [0.29, 0.717) is 35.7 Å². The van der Waals surface area contributed by atoms with Gasteiger partial charge < -0.3 is 14.6 Å². The number of amides is 1. The van der Waals surface area contributed by atoms with Crippen LogP contribution in [0.1, 0.15) is 12.1 Å². The lowest BCUT2D eigenvalue weighted by Gasteiger charge is -2.21. The number of hydrogen-bond donors (Lipinski definition) is 1. The van der Waals surface area contributed by atoms with Crippen LogP contribution in [0.3, 0.4) is 0 Å². The van der Waals surface area contributed by atoms with Crippen LogP contribution in [0.2, 0.25) is 0 Å². The molecule has 1 aliphatic rings. The van der Waals surface area contributed by atoms with Crippen LogP contribution in [0.4, 0.5) is 4.39 Å². The smallest absolute Gasteiger partial charge is 0.209 e. The maximum Gasteiger partial charge on any atom is 0.209 e. The molecule has 1 aromatic carbocycles. The van der Waals surface area contributed by atoms with Crippen molar-refractivity contribution in [1.29, 1.82) is 0 Å². The standard InChI is InChI=1S/C19H17FN4O2/c1-26-17-3-2-13(20)8-14(17)18-15-9-16(23-19(15)22-10-21-18)12-4-6-24(11-25)7-5-12/h2-4,8-11H,5-7H2,1H3,(H,21,22,23). The molecule has 3 aromatic rings. The van der Waals surface area contributed by atoms with E-state index in [4.69, 9.17) is 4.74 Å². The predicted molar refractivity (Wildman–Crippen MR) is 96.1 cm³/mol. The van der Waals surface area contributed by atoms with Crippen molar-refractivity contribution < 1.29 is 13.9 Å². The van der Waals surface area contributed by atoms with E-state index < -0.39 is 0 Å². The minimum atomic E-state index is -0.354. The van der Waals surface area contributed by atoms with E-state index in [1.807, 2.05) is 12.1 Å². The zero-order valence-electron chi connectivity index (χ0n) is 14.2. The van der Waals surface area contributed by atoms with Crippen molar-refractivity contribution in [3.8, 4) is 17.0 Å². The molecule has 1 aliphatic heterocycles. The monoisotopic (exact) mass is 352 g/mol. The topological polar surface area (TPSA) is 71.1 Å². The van der Waals surface area contributed by atoms with Crippen LogP contribution < -0.4 is 4.74 Å². The Morgan fingerprint density at radius 1 is 1.31 bits per heavy atom. The van der Waals surface area contributed by atoms with Gasteiger partial charge in [0.15, 0.2) is 0 Å². The second kappa shape index (κ2) is 6.59. The molecule has 3 heterocycles. The van der Waals surface area contributed by atoms with Crippen LogP contribution in [-0.4, -0.2) is 46.5 Å². The van der Waals surface area contributed by atoms with Crippen LogP contribution in [0.15, 0.2) is 36.7 Å². The van der Waals surface area contributed by atoms with E-state index in [9.17, 15) is 9.18 Å². The first-order valence-electron chi connectivity index (χ1n) is 8.26. The van der Waals surface area contributed by atoms with E-state index >= 15 is 0 Å². The van der Waals surface area contributed by atoms with Gasteiger partial charge in [0, 0.05) is 29.7 Å². The molecule has 0 saturated carbocycles. The molecule has 132 valence electrons. The Balaban J connectivity index is 1.81. The molecule has 4 rings (SSSR count). The fourth-order valence-corrected chi connectivity index (χ4v) is 3.22. The summed E-state index contributed by atoms with van der Waals surface area (Å²) in [5, 5.41) is 0.796. The summed E-state index contributed by atoms with van der Waals surface area (Å²) in [7, 11) is 1.54. The number of aromatic amines is 1. The molecule has 0 atom stereocenters. The Bertz CT molecular complexity index is 1010. The molecule has 7 heteroatoms. The van der Waals surface area contributed by atoms with Crippen LogP contribution >= 0.6 is 0 Å². The fourth-order valence-electron chi connectivity index (χ4n) is 3.22. The number of rotatable bonds is 4. The zero-order chi connectivity index (χ0) is 18.1. The molecule has 0 saturated heterocycles. The SMILES string of the molecule is COc1ccc(F)cc1-c1ncnc2[nH]c(C3=CCN(C=O)CC3)cc12. The number of aromatic nitrogens is 3. The van der Waals surface area contributed by atoms with E-state index in [2.05, 4.69) is 15.0 Å². The largest absolute Gasteiger partial charge is 0.496 e. The minimum Gasteiger partial charge on any atom is -0.496 e. The summed E-state index contributed by atoms with van der Waals surface area (Å²) in [6.45, 7) is 1.27.